The van der Waals surface area contributed by atoms with E-state index in [4.69, 9.17) is 11.6 Å². The molecule has 32 heavy (non-hydrogen) atoms. The van der Waals surface area contributed by atoms with Crippen LogP contribution in [0.3, 0.4) is 0 Å². The Kier molecular flexibility index (Phi) is 6.14. The Balaban J connectivity index is 1.66. The number of sulfonamides is 1. The van der Waals surface area contributed by atoms with E-state index in [1.807, 2.05) is 0 Å². The fourth-order valence-electron chi connectivity index (χ4n) is 3.17. The minimum absolute atomic E-state index is 0.0118. The van der Waals surface area contributed by atoms with Gasteiger partial charge in [0, 0.05) is 6.54 Å². The normalized spacial score (nSPS) is 11.5. The lowest BCUT2D eigenvalue weighted by molar-refractivity contribution is 0.102. The summed E-state index contributed by atoms with van der Waals surface area (Å²) >= 11 is 7.30. The minimum atomic E-state index is -3.94. The van der Waals surface area contributed by atoms with Crippen LogP contribution in [0.4, 0.5) is 15.2 Å². The summed E-state index contributed by atoms with van der Waals surface area (Å²) in [7, 11) is -3.94. The average Bonchev–Trinajstić information content (AvgIpc) is 3.16. The van der Waals surface area contributed by atoms with Gasteiger partial charge in [0.2, 0.25) is 0 Å². The number of thiazole rings is 1. The Morgan fingerprint density at radius 1 is 1.12 bits per heavy atom. The van der Waals surface area contributed by atoms with Gasteiger partial charge in [-0.3, -0.25) is 14.4 Å². The summed E-state index contributed by atoms with van der Waals surface area (Å²) in [5.74, 6) is -1.02. The number of para-hydroxylation sites is 1. The van der Waals surface area contributed by atoms with Gasteiger partial charge in [-0.15, -0.1) is 0 Å². The van der Waals surface area contributed by atoms with Crippen LogP contribution >= 0.6 is 22.9 Å². The lowest BCUT2D eigenvalue weighted by atomic mass is 10.2. The van der Waals surface area contributed by atoms with Gasteiger partial charge in [0.25, 0.3) is 15.9 Å². The lowest BCUT2D eigenvalue weighted by Crippen LogP contribution is -2.31. The number of amides is 1. The van der Waals surface area contributed by atoms with Crippen molar-refractivity contribution in [2.75, 3.05) is 16.2 Å². The van der Waals surface area contributed by atoms with E-state index < -0.39 is 21.7 Å². The van der Waals surface area contributed by atoms with Crippen molar-refractivity contribution in [3.05, 3.63) is 83.1 Å². The smallest absolute Gasteiger partial charge is 0.264 e. The van der Waals surface area contributed by atoms with Crippen molar-refractivity contribution in [2.24, 2.45) is 0 Å². The number of carbonyl (C=O) groups is 1. The molecule has 1 amide bonds. The number of nitrogens with zero attached hydrogens (tertiary/aromatic N) is 2. The molecule has 3 aromatic carbocycles. The quantitative estimate of drug-likeness (QED) is 0.384. The first-order valence-electron chi connectivity index (χ1n) is 9.54. The van der Waals surface area contributed by atoms with E-state index in [0.29, 0.717) is 15.9 Å². The van der Waals surface area contributed by atoms with Gasteiger partial charge in [0.15, 0.2) is 5.13 Å². The lowest BCUT2D eigenvalue weighted by Gasteiger charge is -2.23. The van der Waals surface area contributed by atoms with Crippen molar-refractivity contribution in [2.45, 2.75) is 11.8 Å². The standard InChI is InChI=1S/C22H17ClFN3O3S2/c1-2-27(15-6-4-3-5-7-15)32(29,30)16-9-10-18(23)17(13-16)21(28)26-22-25-19-11-8-14(24)12-20(19)31-22/h3-13H,2H2,1H3,(H,25,26,28). The highest BCUT2D eigenvalue weighted by atomic mass is 35.5. The number of benzene rings is 3. The van der Waals surface area contributed by atoms with Crippen molar-refractivity contribution in [1.29, 1.82) is 0 Å². The van der Waals surface area contributed by atoms with Crippen LogP contribution in [-0.2, 0) is 10.0 Å². The molecule has 0 radical (unpaired) electrons. The molecule has 1 heterocycles. The minimum Gasteiger partial charge on any atom is -0.298 e. The molecule has 0 bridgehead atoms. The highest BCUT2D eigenvalue weighted by Crippen LogP contribution is 2.29. The third kappa shape index (κ3) is 4.32. The van der Waals surface area contributed by atoms with Crippen LogP contribution in [0, 0.1) is 5.82 Å². The molecule has 0 fully saturated rings. The molecule has 1 N–H and O–H groups in total. The molecule has 4 aromatic rings. The molecule has 0 saturated carbocycles. The van der Waals surface area contributed by atoms with Gasteiger partial charge >= 0.3 is 0 Å². The van der Waals surface area contributed by atoms with Gasteiger partial charge in [-0.1, -0.05) is 41.1 Å². The Hall–Kier alpha value is -3.01. The van der Waals surface area contributed by atoms with Crippen LogP contribution in [0.1, 0.15) is 17.3 Å². The first kappa shape index (κ1) is 22.2. The molecule has 164 valence electrons. The molecule has 6 nitrogen and oxygen atoms in total. The predicted molar refractivity (Wildman–Crippen MR) is 126 cm³/mol. The number of halogens is 2. The van der Waals surface area contributed by atoms with Crippen molar-refractivity contribution in [3.63, 3.8) is 0 Å². The average molecular weight is 490 g/mol. The van der Waals surface area contributed by atoms with E-state index in [-0.39, 0.29) is 27.2 Å². The number of nitrogens with one attached hydrogen (secondary N) is 1. The van der Waals surface area contributed by atoms with Gasteiger partial charge in [-0.25, -0.2) is 17.8 Å². The Labute approximate surface area is 193 Å². The number of fused-ring (bicyclic) bond motifs is 1. The van der Waals surface area contributed by atoms with Gasteiger partial charge in [-0.2, -0.15) is 0 Å². The van der Waals surface area contributed by atoms with Gasteiger partial charge in [0.05, 0.1) is 31.4 Å². The van der Waals surface area contributed by atoms with E-state index in [0.717, 1.165) is 11.3 Å². The molecule has 0 unspecified atom stereocenters. The van der Waals surface area contributed by atoms with Crippen LogP contribution < -0.4 is 9.62 Å². The van der Waals surface area contributed by atoms with E-state index in [9.17, 15) is 17.6 Å². The summed E-state index contributed by atoms with van der Waals surface area (Å²) < 4.78 is 41.8. The second kappa shape index (κ2) is 8.85. The van der Waals surface area contributed by atoms with Crippen LogP contribution in [0.5, 0.6) is 0 Å². The molecule has 0 spiro atoms. The summed E-state index contributed by atoms with van der Waals surface area (Å²) in [5, 5.41) is 2.96. The monoisotopic (exact) mass is 489 g/mol. The van der Waals surface area contributed by atoms with Crippen molar-refractivity contribution in [1.82, 2.24) is 4.98 Å². The molecular formula is C22H17ClFN3O3S2. The Bertz CT molecular complexity index is 1410. The number of anilines is 2. The molecule has 0 aliphatic heterocycles. The number of aromatic nitrogens is 1. The largest absolute Gasteiger partial charge is 0.298 e. The zero-order valence-electron chi connectivity index (χ0n) is 16.7. The van der Waals surface area contributed by atoms with Crippen LogP contribution in [-0.4, -0.2) is 25.9 Å². The van der Waals surface area contributed by atoms with E-state index in [2.05, 4.69) is 10.3 Å². The Morgan fingerprint density at radius 2 is 1.88 bits per heavy atom. The van der Waals surface area contributed by atoms with Crippen molar-refractivity contribution < 1.29 is 17.6 Å². The molecule has 0 saturated heterocycles. The van der Waals surface area contributed by atoms with Crippen molar-refractivity contribution in [3.8, 4) is 0 Å². The topological polar surface area (TPSA) is 79.4 Å². The van der Waals surface area contributed by atoms with Crippen molar-refractivity contribution >= 4 is 59.9 Å². The SMILES string of the molecule is CCN(c1ccccc1)S(=O)(=O)c1ccc(Cl)c(C(=O)Nc2nc3ccc(F)cc3s2)c1. The zero-order chi connectivity index (χ0) is 22.9. The maximum absolute atomic E-state index is 13.4. The first-order chi connectivity index (χ1) is 15.3. The van der Waals surface area contributed by atoms with Gasteiger partial charge in [-0.05, 0) is 55.5 Å². The van der Waals surface area contributed by atoms with E-state index in [1.54, 1.807) is 37.3 Å². The Morgan fingerprint density at radius 3 is 2.59 bits per heavy atom. The van der Waals surface area contributed by atoms with Crippen LogP contribution in [0.15, 0.2) is 71.6 Å². The fraction of sp³-hybridized carbons (Fsp3) is 0.0909. The molecule has 0 aliphatic rings. The summed E-state index contributed by atoms with van der Waals surface area (Å²) in [5.41, 5.74) is 1.04. The molecule has 1 aromatic heterocycles. The summed E-state index contributed by atoms with van der Waals surface area (Å²) in [6.45, 7) is 1.93. The molecular weight excluding hydrogens is 473 g/mol. The third-order valence-electron chi connectivity index (χ3n) is 4.67. The highest BCUT2D eigenvalue weighted by molar-refractivity contribution is 7.92. The second-order valence-corrected chi connectivity index (χ2v) is 10.0. The van der Waals surface area contributed by atoms with E-state index >= 15 is 0 Å². The predicted octanol–water partition coefficient (Wildman–Crippen LogP) is 5.56. The highest BCUT2D eigenvalue weighted by Gasteiger charge is 2.25. The van der Waals surface area contributed by atoms with Gasteiger partial charge < -0.3 is 0 Å². The molecule has 0 aliphatic carbocycles. The second-order valence-electron chi connectivity index (χ2n) is 6.73. The summed E-state index contributed by atoms with van der Waals surface area (Å²) in [6.07, 6.45) is 0. The molecule has 4 rings (SSSR count). The molecule has 10 heteroatoms. The summed E-state index contributed by atoms with van der Waals surface area (Å²) in [4.78, 5) is 17.0. The molecule has 0 atom stereocenters. The first-order valence-corrected chi connectivity index (χ1v) is 12.2. The van der Waals surface area contributed by atoms with Gasteiger partial charge in [0.1, 0.15) is 5.82 Å². The van der Waals surface area contributed by atoms with E-state index in [1.165, 1.54) is 40.7 Å². The maximum Gasteiger partial charge on any atom is 0.264 e. The fourth-order valence-corrected chi connectivity index (χ4v) is 5.76. The summed E-state index contributed by atoms with van der Waals surface area (Å²) in [6, 6.07) is 16.8. The van der Waals surface area contributed by atoms with Crippen LogP contribution in [0.25, 0.3) is 10.2 Å². The maximum atomic E-state index is 13.4. The number of hydrogen-bond acceptors (Lipinski definition) is 5. The van der Waals surface area contributed by atoms with Crippen LogP contribution in [0.2, 0.25) is 5.02 Å². The zero-order valence-corrected chi connectivity index (χ0v) is 19.1. The number of rotatable bonds is 6. The number of hydrogen-bond donors (Lipinski definition) is 1. The number of carbonyl (C=O) groups excluding carboxylic acids is 1. The third-order valence-corrected chi connectivity index (χ3v) is 7.83.